The monoisotopic (exact) mass is 292 g/mol. The number of anilines is 1. The van der Waals surface area contributed by atoms with Gasteiger partial charge in [-0.15, -0.1) is 11.6 Å². The molecule has 1 saturated heterocycles. The van der Waals surface area contributed by atoms with Gasteiger partial charge in [-0.25, -0.2) is 12.8 Å². The maximum Gasteiger partial charge on any atom is 0.228 e. The highest BCUT2D eigenvalue weighted by Crippen LogP contribution is 2.18. The molecular weight excluding hydrogens is 279 g/mol. The molecule has 1 aromatic carbocycles. The number of hydrogen-bond donors (Lipinski definition) is 0. The van der Waals surface area contributed by atoms with Gasteiger partial charge in [0.05, 0.1) is 0 Å². The number of piperazine rings is 1. The van der Waals surface area contributed by atoms with Crippen LogP contribution in [0.2, 0.25) is 0 Å². The van der Waals surface area contributed by atoms with Crippen LogP contribution in [0.1, 0.15) is 0 Å². The lowest BCUT2D eigenvalue weighted by molar-refractivity contribution is 0.387. The van der Waals surface area contributed by atoms with Crippen molar-refractivity contribution in [2.24, 2.45) is 0 Å². The van der Waals surface area contributed by atoms with E-state index in [1.165, 1.54) is 16.4 Å². The number of rotatable bonds is 3. The van der Waals surface area contributed by atoms with E-state index in [1.54, 1.807) is 12.1 Å². The first kappa shape index (κ1) is 13.6. The Morgan fingerprint density at radius 2 is 1.67 bits per heavy atom. The molecule has 1 aromatic rings. The Bertz CT molecular complexity index is 498. The van der Waals surface area contributed by atoms with Crippen molar-refractivity contribution in [2.45, 2.75) is 0 Å². The summed E-state index contributed by atoms with van der Waals surface area (Å²) in [6, 6.07) is 6.19. The summed E-state index contributed by atoms with van der Waals surface area (Å²) in [7, 11) is -3.32. The Morgan fingerprint density at radius 3 is 2.17 bits per heavy atom. The lowest BCUT2D eigenvalue weighted by atomic mass is 10.2. The van der Waals surface area contributed by atoms with E-state index in [0.29, 0.717) is 26.2 Å². The fourth-order valence-electron chi connectivity index (χ4n) is 1.95. The molecule has 0 atom stereocenters. The average Bonchev–Trinajstić information content (AvgIpc) is 2.40. The fraction of sp³-hybridized carbons (Fsp3) is 0.455. The van der Waals surface area contributed by atoms with Gasteiger partial charge in [0.15, 0.2) is 0 Å². The number of sulfonamides is 1. The van der Waals surface area contributed by atoms with Crippen LogP contribution in [-0.2, 0) is 10.0 Å². The number of nitrogens with zero attached hydrogens (tertiary/aromatic N) is 2. The van der Waals surface area contributed by atoms with Crippen LogP contribution in [0.3, 0.4) is 0 Å². The first-order chi connectivity index (χ1) is 8.53. The van der Waals surface area contributed by atoms with E-state index in [1.807, 2.05) is 4.90 Å². The van der Waals surface area contributed by atoms with E-state index in [2.05, 4.69) is 0 Å². The number of hydrogen-bond acceptors (Lipinski definition) is 3. The minimum absolute atomic E-state index is 0.276. The third-order valence-electron chi connectivity index (χ3n) is 2.96. The van der Waals surface area contributed by atoms with E-state index in [4.69, 9.17) is 11.6 Å². The summed E-state index contributed by atoms with van der Waals surface area (Å²) < 4.78 is 37.3. The predicted octanol–water partition coefficient (Wildman–Crippen LogP) is 1.47. The zero-order chi connectivity index (χ0) is 13.2. The highest BCUT2D eigenvalue weighted by molar-refractivity contribution is 7.90. The van der Waals surface area contributed by atoms with Crippen LogP contribution in [0.25, 0.3) is 0 Å². The van der Waals surface area contributed by atoms with Crippen LogP contribution in [0, 0.1) is 5.82 Å². The van der Waals surface area contributed by atoms with Crippen molar-refractivity contribution in [1.82, 2.24) is 4.31 Å². The zero-order valence-electron chi connectivity index (χ0n) is 9.72. The smallest absolute Gasteiger partial charge is 0.228 e. The highest BCUT2D eigenvalue weighted by atomic mass is 35.5. The first-order valence-electron chi connectivity index (χ1n) is 5.57. The van der Waals surface area contributed by atoms with Gasteiger partial charge in [0.2, 0.25) is 10.0 Å². The van der Waals surface area contributed by atoms with Crippen molar-refractivity contribution < 1.29 is 12.8 Å². The largest absolute Gasteiger partial charge is 0.369 e. The van der Waals surface area contributed by atoms with Crippen LogP contribution >= 0.6 is 11.6 Å². The maximum absolute atomic E-state index is 12.8. The Hall–Kier alpha value is -0.850. The van der Waals surface area contributed by atoms with Gasteiger partial charge in [-0.2, -0.15) is 4.31 Å². The molecule has 18 heavy (non-hydrogen) atoms. The van der Waals surface area contributed by atoms with E-state index < -0.39 is 10.0 Å². The van der Waals surface area contributed by atoms with E-state index in [-0.39, 0.29) is 11.0 Å². The zero-order valence-corrected chi connectivity index (χ0v) is 11.3. The SMILES string of the molecule is O=S(=O)(CCl)N1CCN(c2ccc(F)cc2)CC1. The van der Waals surface area contributed by atoms with Gasteiger partial charge in [0, 0.05) is 31.9 Å². The summed E-state index contributed by atoms with van der Waals surface area (Å²) in [5, 5.41) is -0.385. The lowest BCUT2D eigenvalue weighted by Crippen LogP contribution is -2.49. The molecule has 1 heterocycles. The second-order valence-corrected chi connectivity index (χ2v) is 6.64. The minimum Gasteiger partial charge on any atom is -0.369 e. The third-order valence-corrected chi connectivity index (χ3v) is 5.22. The van der Waals surface area contributed by atoms with Gasteiger partial charge in [0.25, 0.3) is 0 Å². The van der Waals surface area contributed by atoms with Gasteiger partial charge in [-0.05, 0) is 24.3 Å². The molecule has 1 aliphatic heterocycles. The molecule has 1 aliphatic rings. The molecule has 0 N–H and O–H groups in total. The van der Waals surface area contributed by atoms with Gasteiger partial charge in [0.1, 0.15) is 11.0 Å². The summed E-state index contributed by atoms with van der Waals surface area (Å²) in [6.45, 7) is 1.99. The van der Waals surface area contributed by atoms with Crippen LogP contribution < -0.4 is 4.90 Å². The number of alkyl halides is 1. The topological polar surface area (TPSA) is 40.6 Å². The summed E-state index contributed by atoms with van der Waals surface area (Å²) >= 11 is 5.41. The number of halogens is 2. The normalized spacial score (nSPS) is 18.0. The standard InChI is InChI=1S/C11H14ClFN2O2S/c12-9-18(16,17)15-7-5-14(6-8-15)11-3-1-10(13)2-4-11/h1-4H,5-9H2. The molecule has 7 heteroatoms. The first-order valence-corrected chi connectivity index (χ1v) is 7.71. The van der Waals surface area contributed by atoms with Crippen LogP contribution in [0.4, 0.5) is 10.1 Å². The number of benzene rings is 1. The lowest BCUT2D eigenvalue weighted by Gasteiger charge is -2.35. The molecule has 4 nitrogen and oxygen atoms in total. The second-order valence-electron chi connectivity index (χ2n) is 4.08. The van der Waals surface area contributed by atoms with Gasteiger partial charge < -0.3 is 4.90 Å². The second kappa shape index (κ2) is 5.42. The van der Waals surface area contributed by atoms with Crippen LogP contribution in [0.5, 0.6) is 0 Å². The molecule has 0 saturated carbocycles. The average molecular weight is 293 g/mol. The van der Waals surface area contributed by atoms with E-state index >= 15 is 0 Å². The Kier molecular flexibility index (Phi) is 4.09. The summed E-state index contributed by atoms with van der Waals surface area (Å²) in [5.74, 6) is -0.276. The highest BCUT2D eigenvalue weighted by Gasteiger charge is 2.26. The van der Waals surface area contributed by atoms with Gasteiger partial charge >= 0.3 is 0 Å². The molecule has 0 spiro atoms. The Balaban J connectivity index is 2.01. The van der Waals surface area contributed by atoms with Crippen molar-refractivity contribution >= 4 is 27.3 Å². The van der Waals surface area contributed by atoms with Crippen molar-refractivity contribution in [3.05, 3.63) is 30.1 Å². The molecule has 0 aromatic heterocycles. The molecule has 2 rings (SSSR count). The Labute approximate surface area is 111 Å². The molecule has 0 aliphatic carbocycles. The Morgan fingerprint density at radius 1 is 1.11 bits per heavy atom. The van der Waals surface area contributed by atoms with E-state index in [0.717, 1.165) is 5.69 Å². The third kappa shape index (κ3) is 2.93. The van der Waals surface area contributed by atoms with Crippen LogP contribution in [-0.4, -0.2) is 44.1 Å². The molecular formula is C11H14ClFN2O2S. The minimum atomic E-state index is -3.32. The quantitative estimate of drug-likeness (QED) is 0.792. The maximum atomic E-state index is 12.8. The molecule has 100 valence electrons. The molecule has 0 radical (unpaired) electrons. The van der Waals surface area contributed by atoms with Crippen molar-refractivity contribution in [3.63, 3.8) is 0 Å². The van der Waals surface area contributed by atoms with Gasteiger partial charge in [-0.1, -0.05) is 0 Å². The predicted molar refractivity (Wildman–Crippen MR) is 69.8 cm³/mol. The molecule has 0 unspecified atom stereocenters. The fourth-order valence-corrected chi connectivity index (χ4v) is 3.22. The van der Waals surface area contributed by atoms with Crippen molar-refractivity contribution in [3.8, 4) is 0 Å². The summed E-state index contributed by atoms with van der Waals surface area (Å²) in [6.07, 6.45) is 0. The summed E-state index contributed by atoms with van der Waals surface area (Å²) in [4.78, 5) is 2.03. The molecule has 1 fully saturated rings. The molecule has 0 amide bonds. The van der Waals surface area contributed by atoms with E-state index in [9.17, 15) is 12.8 Å². The van der Waals surface area contributed by atoms with Crippen molar-refractivity contribution in [2.75, 3.05) is 36.3 Å². The van der Waals surface area contributed by atoms with Gasteiger partial charge in [-0.3, -0.25) is 0 Å². The molecule has 0 bridgehead atoms. The van der Waals surface area contributed by atoms with Crippen LogP contribution in [0.15, 0.2) is 24.3 Å². The van der Waals surface area contributed by atoms with Crippen molar-refractivity contribution in [1.29, 1.82) is 0 Å². The summed E-state index contributed by atoms with van der Waals surface area (Å²) in [5.41, 5.74) is 0.902.